The van der Waals surface area contributed by atoms with Gasteiger partial charge in [0.25, 0.3) is 0 Å². The fourth-order valence-corrected chi connectivity index (χ4v) is 3.96. The van der Waals surface area contributed by atoms with Crippen LogP contribution in [-0.4, -0.2) is 43.1 Å². The van der Waals surface area contributed by atoms with E-state index in [0.717, 1.165) is 31.0 Å². The summed E-state index contributed by atoms with van der Waals surface area (Å²) in [4.78, 5) is 22.5. The predicted molar refractivity (Wildman–Crippen MR) is 76.0 cm³/mol. The molecule has 1 aliphatic carbocycles. The SMILES string of the molecule is CSC1CCCC(n2c(SCC(=O)O)n[nH]c2=O)C1. The molecule has 2 atom stereocenters. The molecule has 1 aliphatic rings. The highest BCUT2D eigenvalue weighted by molar-refractivity contribution is 7.99. The number of aromatic amines is 1. The Morgan fingerprint density at radius 3 is 3.05 bits per heavy atom. The number of aromatic nitrogens is 3. The fraction of sp³-hybridized carbons (Fsp3) is 0.727. The van der Waals surface area contributed by atoms with Crippen molar-refractivity contribution in [2.24, 2.45) is 0 Å². The molecule has 0 aromatic carbocycles. The zero-order valence-electron chi connectivity index (χ0n) is 10.7. The Kier molecular flexibility index (Phi) is 4.98. The van der Waals surface area contributed by atoms with E-state index in [-0.39, 0.29) is 17.5 Å². The summed E-state index contributed by atoms with van der Waals surface area (Å²) in [6.07, 6.45) is 6.27. The van der Waals surface area contributed by atoms with E-state index in [4.69, 9.17) is 5.11 Å². The molecule has 0 saturated heterocycles. The zero-order valence-corrected chi connectivity index (χ0v) is 12.3. The van der Waals surface area contributed by atoms with Crippen molar-refractivity contribution in [3.05, 3.63) is 10.5 Å². The van der Waals surface area contributed by atoms with Gasteiger partial charge in [-0.2, -0.15) is 11.8 Å². The molecule has 1 saturated carbocycles. The smallest absolute Gasteiger partial charge is 0.344 e. The maximum atomic E-state index is 11.9. The molecular formula is C11H17N3O3S2. The van der Waals surface area contributed by atoms with E-state index >= 15 is 0 Å². The topological polar surface area (TPSA) is 88.0 Å². The van der Waals surface area contributed by atoms with Gasteiger partial charge in [-0.15, -0.1) is 5.10 Å². The van der Waals surface area contributed by atoms with E-state index in [0.29, 0.717) is 10.4 Å². The van der Waals surface area contributed by atoms with Crippen molar-refractivity contribution in [1.29, 1.82) is 0 Å². The average Bonchev–Trinajstić information content (AvgIpc) is 2.77. The molecule has 0 radical (unpaired) electrons. The Labute approximate surface area is 119 Å². The second-order valence-electron chi connectivity index (χ2n) is 4.54. The summed E-state index contributed by atoms with van der Waals surface area (Å²) >= 11 is 2.92. The van der Waals surface area contributed by atoms with Gasteiger partial charge in [0.2, 0.25) is 0 Å². The molecule has 2 N–H and O–H groups in total. The van der Waals surface area contributed by atoms with Gasteiger partial charge in [-0.25, -0.2) is 9.89 Å². The van der Waals surface area contributed by atoms with Crippen LogP contribution in [-0.2, 0) is 4.79 Å². The maximum absolute atomic E-state index is 11.9. The number of nitrogens with zero attached hydrogens (tertiary/aromatic N) is 2. The summed E-state index contributed by atoms with van der Waals surface area (Å²) < 4.78 is 1.63. The first-order valence-corrected chi connectivity index (χ1v) is 8.43. The number of thioether (sulfide) groups is 2. The van der Waals surface area contributed by atoms with Crippen LogP contribution in [0.4, 0.5) is 0 Å². The van der Waals surface area contributed by atoms with E-state index in [1.54, 1.807) is 4.57 Å². The molecule has 0 spiro atoms. The molecule has 1 heterocycles. The van der Waals surface area contributed by atoms with Crippen molar-refractivity contribution in [2.45, 2.75) is 42.1 Å². The molecular weight excluding hydrogens is 286 g/mol. The molecule has 19 heavy (non-hydrogen) atoms. The molecule has 1 aromatic rings. The van der Waals surface area contributed by atoms with Gasteiger partial charge in [0.1, 0.15) is 0 Å². The first-order valence-electron chi connectivity index (χ1n) is 6.16. The van der Waals surface area contributed by atoms with Crippen molar-refractivity contribution in [1.82, 2.24) is 14.8 Å². The highest BCUT2D eigenvalue weighted by Gasteiger charge is 2.26. The number of carboxylic acids is 1. The number of aliphatic carboxylic acids is 1. The number of nitrogens with one attached hydrogen (secondary N) is 1. The molecule has 2 rings (SSSR count). The number of H-pyrrole nitrogens is 1. The van der Waals surface area contributed by atoms with Gasteiger partial charge in [0, 0.05) is 11.3 Å². The normalized spacial score (nSPS) is 23.4. The van der Waals surface area contributed by atoms with E-state index in [2.05, 4.69) is 16.5 Å². The summed E-state index contributed by atoms with van der Waals surface area (Å²) in [5.74, 6) is -0.985. The van der Waals surface area contributed by atoms with Gasteiger partial charge in [-0.05, 0) is 25.5 Å². The first-order chi connectivity index (χ1) is 9.11. The molecule has 0 aliphatic heterocycles. The Morgan fingerprint density at radius 1 is 1.58 bits per heavy atom. The summed E-state index contributed by atoms with van der Waals surface area (Å²) in [5, 5.41) is 16.1. The van der Waals surface area contributed by atoms with Crippen LogP contribution < -0.4 is 5.69 Å². The van der Waals surface area contributed by atoms with Crippen molar-refractivity contribution in [3.8, 4) is 0 Å². The van der Waals surface area contributed by atoms with Crippen LogP contribution in [0.5, 0.6) is 0 Å². The van der Waals surface area contributed by atoms with Crippen molar-refractivity contribution >= 4 is 29.5 Å². The number of hydrogen-bond acceptors (Lipinski definition) is 5. The fourth-order valence-electron chi connectivity index (χ4n) is 2.41. The minimum Gasteiger partial charge on any atom is -0.481 e. The number of carboxylic acid groups (broad SMARTS) is 1. The van der Waals surface area contributed by atoms with Crippen molar-refractivity contribution in [3.63, 3.8) is 0 Å². The van der Waals surface area contributed by atoms with E-state index in [1.807, 2.05) is 11.8 Å². The van der Waals surface area contributed by atoms with Crippen molar-refractivity contribution in [2.75, 3.05) is 12.0 Å². The molecule has 6 nitrogen and oxygen atoms in total. The minimum atomic E-state index is -0.905. The molecule has 0 amide bonds. The van der Waals surface area contributed by atoms with Gasteiger partial charge >= 0.3 is 11.7 Å². The van der Waals surface area contributed by atoms with Crippen LogP contribution in [0, 0.1) is 0 Å². The highest BCUT2D eigenvalue weighted by Crippen LogP contribution is 2.34. The third-order valence-electron chi connectivity index (χ3n) is 3.29. The lowest BCUT2D eigenvalue weighted by atomic mass is 9.95. The molecule has 106 valence electrons. The third kappa shape index (κ3) is 3.56. The quantitative estimate of drug-likeness (QED) is 0.803. The Balaban J connectivity index is 2.16. The monoisotopic (exact) mass is 303 g/mol. The summed E-state index contributed by atoms with van der Waals surface area (Å²) in [6, 6.07) is 0.133. The lowest BCUT2D eigenvalue weighted by molar-refractivity contribution is -0.133. The van der Waals surface area contributed by atoms with Gasteiger partial charge in [-0.1, -0.05) is 18.2 Å². The maximum Gasteiger partial charge on any atom is 0.344 e. The van der Waals surface area contributed by atoms with Gasteiger partial charge in [-0.3, -0.25) is 9.36 Å². The van der Waals surface area contributed by atoms with Crippen molar-refractivity contribution < 1.29 is 9.90 Å². The van der Waals surface area contributed by atoms with Crippen LogP contribution >= 0.6 is 23.5 Å². The number of carbonyl (C=O) groups is 1. The third-order valence-corrected chi connectivity index (χ3v) is 5.33. The Bertz CT molecular complexity index is 500. The van der Waals surface area contributed by atoms with Crippen LogP contribution in [0.25, 0.3) is 0 Å². The van der Waals surface area contributed by atoms with Crippen LogP contribution in [0.3, 0.4) is 0 Å². The van der Waals surface area contributed by atoms with Gasteiger partial charge < -0.3 is 5.11 Å². The Hall–Kier alpha value is -0.890. The standard InChI is InChI=1S/C11H17N3O3S2/c1-18-8-4-2-3-7(5-8)14-10(17)12-13-11(14)19-6-9(15)16/h7-8H,2-6H2,1H3,(H,12,17)(H,15,16). The second-order valence-corrected chi connectivity index (χ2v) is 6.62. The first kappa shape index (κ1) is 14.5. The van der Waals surface area contributed by atoms with E-state index in [9.17, 15) is 9.59 Å². The van der Waals surface area contributed by atoms with E-state index < -0.39 is 5.97 Å². The molecule has 8 heteroatoms. The number of rotatable bonds is 5. The summed E-state index contributed by atoms with van der Waals surface area (Å²) in [7, 11) is 0. The largest absolute Gasteiger partial charge is 0.481 e. The van der Waals surface area contributed by atoms with E-state index in [1.165, 1.54) is 6.42 Å². The predicted octanol–water partition coefficient (Wildman–Crippen LogP) is 1.59. The van der Waals surface area contributed by atoms with Gasteiger partial charge in [0.15, 0.2) is 5.16 Å². The lowest BCUT2D eigenvalue weighted by Gasteiger charge is -2.28. The lowest BCUT2D eigenvalue weighted by Crippen LogP contribution is -2.28. The Morgan fingerprint density at radius 2 is 2.37 bits per heavy atom. The molecule has 0 bridgehead atoms. The molecule has 1 fully saturated rings. The number of hydrogen-bond donors (Lipinski definition) is 2. The summed E-state index contributed by atoms with van der Waals surface area (Å²) in [5.41, 5.74) is -0.236. The second kappa shape index (κ2) is 6.51. The van der Waals surface area contributed by atoms with Crippen LogP contribution in [0.15, 0.2) is 9.95 Å². The average molecular weight is 303 g/mol. The van der Waals surface area contributed by atoms with Crippen LogP contribution in [0.2, 0.25) is 0 Å². The highest BCUT2D eigenvalue weighted by atomic mass is 32.2. The molecule has 2 unspecified atom stereocenters. The van der Waals surface area contributed by atoms with Crippen LogP contribution in [0.1, 0.15) is 31.7 Å². The molecule has 1 aromatic heterocycles. The zero-order chi connectivity index (χ0) is 13.8. The van der Waals surface area contributed by atoms with Gasteiger partial charge in [0.05, 0.1) is 5.75 Å². The summed E-state index contributed by atoms with van der Waals surface area (Å²) in [6.45, 7) is 0. The minimum absolute atomic E-state index is 0.0804.